The van der Waals surface area contributed by atoms with Gasteiger partial charge in [0.1, 0.15) is 17.4 Å². The third-order valence-electron chi connectivity index (χ3n) is 3.36. The highest BCUT2D eigenvalue weighted by atomic mass is 19.4. The Balaban J connectivity index is 2.07. The van der Waals surface area contributed by atoms with Gasteiger partial charge in [-0.25, -0.2) is 0 Å². The van der Waals surface area contributed by atoms with Crippen molar-refractivity contribution in [3.8, 4) is 11.8 Å². The van der Waals surface area contributed by atoms with Crippen molar-refractivity contribution in [3.05, 3.63) is 65.9 Å². The van der Waals surface area contributed by atoms with Gasteiger partial charge in [0, 0.05) is 17.6 Å². The fourth-order valence-corrected chi connectivity index (χ4v) is 2.09. The fourth-order valence-electron chi connectivity index (χ4n) is 2.09. The van der Waals surface area contributed by atoms with Crippen molar-refractivity contribution < 1.29 is 22.7 Å². The Morgan fingerprint density at radius 1 is 1.19 bits per heavy atom. The lowest BCUT2D eigenvalue weighted by molar-refractivity contribution is -0.137. The van der Waals surface area contributed by atoms with Gasteiger partial charge in [0.2, 0.25) is 0 Å². The van der Waals surface area contributed by atoms with E-state index in [0.717, 1.165) is 12.1 Å². The molecule has 0 aliphatic heterocycles. The molecule has 0 fully saturated rings. The molecule has 0 aliphatic rings. The lowest BCUT2D eigenvalue weighted by Gasteiger charge is -2.10. The number of anilines is 2. The van der Waals surface area contributed by atoms with E-state index < -0.39 is 17.6 Å². The van der Waals surface area contributed by atoms with Gasteiger partial charge in [-0.2, -0.15) is 18.4 Å². The summed E-state index contributed by atoms with van der Waals surface area (Å²) in [5, 5.41) is 14.2. The maximum absolute atomic E-state index is 12.7. The first-order chi connectivity index (χ1) is 12.8. The van der Waals surface area contributed by atoms with Crippen LogP contribution in [0.15, 0.2) is 60.3 Å². The van der Waals surface area contributed by atoms with Gasteiger partial charge in [0.25, 0.3) is 5.91 Å². The van der Waals surface area contributed by atoms with Crippen LogP contribution in [0.5, 0.6) is 5.75 Å². The van der Waals surface area contributed by atoms with Gasteiger partial charge in [-0.3, -0.25) is 4.79 Å². The number of carbonyl (C=O) groups is 1. The molecule has 2 aromatic carbocycles. The number of ether oxygens (including phenoxy) is 1. The van der Waals surface area contributed by atoms with Crippen molar-refractivity contribution in [1.82, 2.24) is 0 Å². The van der Waals surface area contributed by atoms with Crippen LogP contribution in [0.2, 0.25) is 0 Å². The minimum absolute atomic E-state index is 0.0583. The van der Waals surface area contributed by atoms with Gasteiger partial charge in [-0.1, -0.05) is 6.07 Å². The molecule has 0 bridgehead atoms. The summed E-state index contributed by atoms with van der Waals surface area (Å²) >= 11 is 0. The molecule has 2 aromatic rings. The van der Waals surface area contributed by atoms with E-state index in [9.17, 15) is 18.0 Å². The summed E-state index contributed by atoms with van der Waals surface area (Å²) < 4.78 is 43.5. The van der Waals surface area contributed by atoms with E-state index in [2.05, 4.69) is 10.6 Å². The first kappa shape index (κ1) is 19.8. The number of hydrogen-bond acceptors (Lipinski definition) is 4. The van der Waals surface area contributed by atoms with Gasteiger partial charge in [-0.05, 0) is 49.4 Å². The number of amides is 1. The Bertz CT molecular complexity index is 869. The number of benzene rings is 2. The zero-order valence-electron chi connectivity index (χ0n) is 14.3. The molecular weight excluding hydrogens is 359 g/mol. The fraction of sp³-hybridized carbons (Fsp3) is 0.158. The van der Waals surface area contributed by atoms with Crippen LogP contribution in [0.1, 0.15) is 12.5 Å². The Morgan fingerprint density at radius 3 is 2.48 bits per heavy atom. The smallest absolute Gasteiger partial charge is 0.416 e. The Hall–Kier alpha value is -3.47. The summed E-state index contributed by atoms with van der Waals surface area (Å²) in [6, 6.07) is 12.7. The number of rotatable bonds is 6. The van der Waals surface area contributed by atoms with Crippen LogP contribution in [0.4, 0.5) is 24.5 Å². The quantitative estimate of drug-likeness (QED) is 0.573. The largest absolute Gasteiger partial charge is 0.494 e. The lowest BCUT2D eigenvalue weighted by atomic mass is 10.2. The monoisotopic (exact) mass is 375 g/mol. The van der Waals surface area contributed by atoms with Crippen LogP contribution in [-0.2, 0) is 11.0 Å². The highest BCUT2D eigenvalue weighted by Gasteiger charge is 2.30. The number of carbonyl (C=O) groups excluding carboxylic acids is 1. The molecule has 0 aromatic heterocycles. The number of hydrogen-bond donors (Lipinski definition) is 2. The van der Waals surface area contributed by atoms with E-state index in [4.69, 9.17) is 10.00 Å². The minimum Gasteiger partial charge on any atom is -0.494 e. The third-order valence-corrected chi connectivity index (χ3v) is 3.36. The second-order valence-electron chi connectivity index (χ2n) is 5.30. The van der Waals surface area contributed by atoms with Crippen molar-refractivity contribution in [2.24, 2.45) is 0 Å². The molecule has 0 unspecified atom stereocenters. The molecule has 140 valence electrons. The second kappa shape index (κ2) is 8.76. The third kappa shape index (κ3) is 5.78. The summed E-state index contributed by atoms with van der Waals surface area (Å²) in [5.41, 5.74) is -0.633. The lowest BCUT2D eigenvalue weighted by Crippen LogP contribution is -2.15. The summed E-state index contributed by atoms with van der Waals surface area (Å²) in [7, 11) is 0. The minimum atomic E-state index is -4.52. The molecule has 0 saturated heterocycles. The van der Waals surface area contributed by atoms with Crippen LogP contribution in [0.3, 0.4) is 0 Å². The molecule has 2 N–H and O–H groups in total. The standard InChI is InChI=1S/C19H16F3N3O2/c1-2-27-17-8-6-15(7-9-17)24-12-13(11-23)18(26)25-16-5-3-4-14(10-16)19(20,21)22/h3-10,12,24H,2H2,1H3,(H,25,26)/b13-12-. The van der Waals surface area contributed by atoms with Crippen molar-refractivity contribution in [1.29, 1.82) is 5.26 Å². The van der Waals surface area contributed by atoms with Crippen molar-refractivity contribution in [2.75, 3.05) is 17.2 Å². The Morgan fingerprint density at radius 2 is 1.89 bits per heavy atom. The predicted molar refractivity (Wildman–Crippen MR) is 95.0 cm³/mol. The van der Waals surface area contributed by atoms with Crippen molar-refractivity contribution >= 4 is 17.3 Å². The summed E-state index contributed by atoms with van der Waals surface area (Å²) in [6.45, 7) is 2.39. The van der Waals surface area contributed by atoms with Gasteiger partial charge in [-0.15, -0.1) is 0 Å². The van der Waals surface area contributed by atoms with E-state index in [1.165, 1.54) is 18.3 Å². The molecule has 27 heavy (non-hydrogen) atoms. The molecule has 0 heterocycles. The molecule has 0 aliphatic carbocycles. The van der Waals surface area contributed by atoms with Crippen LogP contribution in [0, 0.1) is 11.3 Å². The topological polar surface area (TPSA) is 74.1 Å². The number of halogens is 3. The first-order valence-electron chi connectivity index (χ1n) is 7.91. The van der Waals surface area contributed by atoms with Gasteiger partial charge in [0.15, 0.2) is 0 Å². The normalized spacial score (nSPS) is 11.4. The zero-order valence-corrected chi connectivity index (χ0v) is 14.3. The highest BCUT2D eigenvalue weighted by molar-refractivity contribution is 6.06. The number of nitriles is 1. The van der Waals surface area contributed by atoms with E-state index in [1.54, 1.807) is 30.3 Å². The van der Waals surface area contributed by atoms with Crippen LogP contribution in [-0.4, -0.2) is 12.5 Å². The van der Waals surface area contributed by atoms with Crippen LogP contribution in [0.25, 0.3) is 0 Å². The molecule has 5 nitrogen and oxygen atoms in total. The molecule has 0 saturated carbocycles. The van der Waals surface area contributed by atoms with Crippen LogP contribution < -0.4 is 15.4 Å². The van der Waals surface area contributed by atoms with Crippen LogP contribution >= 0.6 is 0 Å². The van der Waals surface area contributed by atoms with Crippen molar-refractivity contribution in [2.45, 2.75) is 13.1 Å². The number of alkyl halides is 3. The first-order valence-corrected chi connectivity index (χ1v) is 7.91. The van der Waals surface area contributed by atoms with Crippen molar-refractivity contribution in [3.63, 3.8) is 0 Å². The second-order valence-corrected chi connectivity index (χ2v) is 5.30. The maximum atomic E-state index is 12.7. The van der Waals surface area contributed by atoms with Gasteiger partial charge in [0.05, 0.1) is 12.2 Å². The van der Waals surface area contributed by atoms with E-state index >= 15 is 0 Å². The Labute approximate surface area is 154 Å². The number of nitrogens with zero attached hydrogens (tertiary/aromatic N) is 1. The highest BCUT2D eigenvalue weighted by Crippen LogP contribution is 2.30. The zero-order chi connectivity index (χ0) is 19.9. The molecule has 1 amide bonds. The molecule has 0 atom stereocenters. The Kier molecular flexibility index (Phi) is 6.44. The molecule has 0 spiro atoms. The van der Waals surface area contributed by atoms with Gasteiger partial charge >= 0.3 is 6.18 Å². The van der Waals surface area contributed by atoms with E-state index in [0.29, 0.717) is 18.0 Å². The molecule has 2 rings (SSSR count). The SMILES string of the molecule is CCOc1ccc(N/C=C(/C#N)C(=O)Nc2cccc(C(F)(F)F)c2)cc1. The average Bonchev–Trinajstić information content (AvgIpc) is 2.63. The molecule has 0 radical (unpaired) electrons. The predicted octanol–water partition coefficient (Wildman–Crippen LogP) is 4.56. The maximum Gasteiger partial charge on any atom is 0.416 e. The average molecular weight is 375 g/mol. The summed E-state index contributed by atoms with van der Waals surface area (Å²) in [5.74, 6) is -0.148. The number of nitrogens with one attached hydrogen (secondary N) is 2. The van der Waals surface area contributed by atoms with Gasteiger partial charge < -0.3 is 15.4 Å². The summed E-state index contributed by atoms with van der Waals surface area (Å²) in [6.07, 6.45) is -3.34. The molecular formula is C19H16F3N3O2. The summed E-state index contributed by atoms with van der Waals surface area (Å²) in [4.78, 5) is 12.1. The van der Waals surface area contributed by atoms with E-state index in [1.807, 2.05) is 6.92 Å². The van der Waals surface area contributed by atoms with E-state index in [-0.39, 0.29) is 11.3 Å². The molecule has 8 heteroatoms.